The first-order valence-electron chi connectivity index (χ1n) is 9.35. The van der Waals surface area contributed by atoms with Crippen LogP contribution in [0.2, 0.25) is 0 Å². The summed E-state index contributed by atoms with van der Waals surface area (Å²) in [5.41, 5.74) is 2.28. The SMILES string of the molecule is O=C(N[C@@]1(C(=O)Nc2ccc3c(c2)CCNCC3)CCOC1)c1ccc(Br)s1. The third-order valence-electron chi connectivity index (χ3n) is 5.21. The zero-order valence-electron chi connectivity index (χ0n) is 15.3. The van der Waals surface area contributed by atoms with Gasteiger partial charge in [0.1, 0.15) is 5.54 Å². The van der Waals surface area contributed by atoms with E-state index in [9.17, 15) is 9.59 Å². The molecule has 2 aliphatic rings. The van der Waals surface area contributed by atoms with Gasteiger partial charge in [0.15, 0.2) is 0 Å². The predicted molar refractivity (Wildman–Crippen MR) is 113 cm³/mol. The molecule has 3 heterocycles. The van der Waals surface area contributed by atoms with Crippen molar-refractivity contribution in [1.82, 2.24) is 10.6 Å². The number of benzene rings is 1. The van der Waals surface area contributed by atoms with E-state index in [-0.39, 0.29) is 18.4 Å². The van der Waals surface area contributed by atoms with Crippen LogP contribution in [-0.2, 0) is 22.4 Å². The highest BCUT2D eigenvalue weighted by molar-refractivity contribution is 9.11. The monoisotopic (exact) mass is 463 g/mol. The van der Waals surface area contributed by atoms with Crippen LogP contribution >= 0.6 is 27.3 Å². The lowest BCUT2D eigenvalue weighted by Gasteiger charge is -2.27. The molecule has 4 rings (SSSR count). The number of ether oxygens (including phenoxy) is 1. The topological polar surface area (TPSA) is 79.5 Å². The highest BCUT2D eigenvalue weighted by Crippen LogP contribution is 2.26. The van der Waals surface area contributed by atoms with Gasteiger partial charge in [-0.05, 0) is 77.3 Å². The molecule has 0 spiro atoms. The van der Waals surface area contributed by atoms with Crippen LogP contribution in [0.5, 0.6) is 0 Å². The average molecular weight is 464 g/mol. The maximum absolute atomic E-state index is 13.1. The van der Waals surface area contributed by atoms with Gasteiger partial charge < -0.3 is 20.7 Å². The molecular formula is C20H22BrN3O3S. The molecule has 3 N–H and O–H groups in total. The van der Waals surface area contributed by atoms with Crippen LogP contribution in [0, 0.1) is 0 Å². The van der Waals surface area contributed by atoms with Crippen molar-refractivity contribution in [3.05, 3.63) is 50.1 Å². The van der Waals surface area contributed by atoms with Gasteiger partial charge in [0.05, 0.1) is 15.3 Å². The second-order valence-electron chi connectivity index (χ2n) is 7.13. The van der Waals surface area contributed by atoms with E-state index in [2.05, 4.69) is 37.9 Å². The summed E-state index contributed by atoms with van der Waals surface area (Å²) < 4.78 is 6.35. The average Bonchev–Trinajstić information content (AvgIpc) is 3.26. The molecule has 148 valence electrons. The molecule has 28 heavy (non-hydrogen) atoms. The number of anilines is 1. The van der Waals surface area contributed by atoms with Crippen molar-refractivity contribution in [2.75, 3.05) is 31.6 Å². The van der Waals surface area contributed by atoms with E-state index in [4.69, 9.17) is 4.74 Å². The molecule has 0 saturated carbocycles. The number of thiophene rings is 1. The Balaban J connectivity index is 1.51. The van der Waals surface area contributed by atoms with Crippen LogP contribution in [0.15, 0.2) is 34.1 Å². The van der Waals surface area contributed by atoms with Crippen molar-refractivity contribution in [3.63, 3.8) is 0 Å². The summed E-state index contributed by atoms with van der Waals surface area (Å²) in [5.74, 6) is -0.495. The molecule has 1 fully saturated rings. The molecule has 2 amide bonds. The Kier molecular flexibility index (Phi) is 5.82. The number of nitrogens with one attached hydrogen (secondary N) is 3. The fourth-order valence-electron chi connectivity index (χ4n) is 3.62. The normalized spacial score (nSPS) is 21.6. The van der Waals surface area contributed by atoms with Gasteiger partial charge in [0.2, 0.25) is 0 Å². The lowest BCUT2D eigenvalue weighted by atomic mass is 9.96. The highest BCUT2D eigenvalue weighted by Gasteiger charge is 2.44. The van der Waals surface area contributed by atoms with E-state index in [0.29, 0.717) is 17.9 Å². The molecule has 2 aromatic rings. The third kappa shape index (κ3) is 4.15. The Morgan fingerprint density at radius 1 is 1.14 bits per heavy atom. The smallest absolute Gasteiger partial charge is 0.262 e. The minimum absolute atomic E-state index is 0.173. The molecule has 0 unspecified atom stereocenters. The van der Waals surface area contributed by atoms with Crippen LogP contribution in [-0.4, -0.2) is 43.7 Å². The molecule has 1 saturated heterocycles. The van der Waals surface area contributed by atoms with Gasteiger partial charge in [-0.15, -0.1) is 11.3 Å². The number of hydrogen-bond donors (Lipinski definition) is 3. The van der Waals surface area contributed by atoms with E-state index < -0.39 is 5.54 Å². The van der Waals surface area contributed by atoms with Gasteiger partial charge in [-0.3, -0.25) is 9.59 Å². The fourth-order valence-corrected chi connectivity index (χ4v) is 4.90. The molecule has 1 aromatic carbocycles. The second kappa shape index (κ2) is 8.32. The zero-order valence-corrected chi connectivity index (χ0v) is 17.7. The van der Waals surface area contributed by atoms with E-state index >= 15 is 0 Å². The summed E-state index contributed by atoms with van der Waals surface area (Å²) in [4.78, 5) is 26.3. The quantitative estimate of drug-likeness (QED) is 0.651. The second-order valence-corrected chi connectivity index (χ2v) is 9.59. The van der Waals surface area contributed by atoms with E-state index in [0.717, 1.165) is 35.4 Å². The summed E-state index contributed by atoms with van der Waals surface area (Å²) in [6, 6.07) is 9.62. The maximum atomic E-state index is 13.1. The zero-order chi connectivity index (χ0) is 19.6. The van der Waals surface area contributed by atoms with Crippen molar-refractivity contribution in [2.24, 2.45) is 0 Å². The lowest BCUT2D eigenvalue weighted by molar-refractivity contribution is -0.122. The van der Waals surface area contributed by atoms with Gasteiger partial charge in [-0.1, -0.05) is 6.07 Å². The Labute approximate surface area is 176 Å². The van der Waals surface area contributed by atoms with Crippen molar-refractivity contribution >= 4 is 44.8 Å². The van der Waals surface area contributed by atoms with Gasteiger partial charge in [-0.25, -0.2) is 0 Å². The van der Waals surface area contributed by atoms with E-state index in [1.165, 1.54) is 22.5 Å². The molecular weight excluding hydrogens is 442 g/mol. The van der Waals surface area contributed by atoms with Crippen LogP contribution in [0.4, 0.5) is 5.69 Å². The number of amides is 2. The van der Waals surface area contributed by atoms with Crippen molar-refractivity contribution in [2.45, 2.75) is 24.8 Å². The molecule has 6 nitrogen and oxygen atoms in total. The van der Waals surface area contributed by atoms with E-state index in [1.807, 2.05) is 18.2 Å². The fraction of sp³-hybridized carbons (Fsp3) is 0.400. The first-order valence-corrected chi connectivity index (χ1v) is 11.0. The van der Waals surface area contributed by atoms with Crippen LogP contribution in [0.25, 0.3) is 0 Å². The largest absolute Gasteiger partial charge is 0.378 e. The highest BCUT2D eigenvalue weighted by atomic mass is 79.9. The lowest BCUT2D eigenvalue weighted by Crippen LogP contribution is -2.57. The first-order chi connectivity index (χ1) is 13.6. The number of fused-ring (bicyclic) bond motifs is 1. The number of halogens is 1. The number of rotatable bonds is 4. The summed E-state index contributed by atoms with van der Waals surface area (Å²) in [6.45, 7) is 2.53. The van der Waals surface area contributed by atoms with Gasteiger partial charge >= 0.3 is 0 Å². The van der Waals surface area contributed by atoms with Crippen LogP contribution in [0.3, 0.4) is 0 Å². The van der Waals surface area contributed by atoms with Crippen molar-refractivity contribution in [1.29, 1.82) is 0 Å². The molecule has 0 radical (unpaired) electrons. The first kappa shape index (κ1) is 19.6. The molecule has 0 aliphatic carbocycles. The van der Waals surface area contributed by atoms with Crippen molar-refractivity contribution < 1.29 is 14.3 Å². The van der Waals surface area contributed by atoms with Crippen LogP contribution in [0.1, 0.15) is 27.2 Å². The van der Waals surface area contributed by atoms with Crippen LogP contribution < -0.4 is 16.0 Å². The standard InChI is InChI=1S/C20H22BrN3O3S/c21-17-4-3-16(28-17)18(25)24-20(7-10-27-12-20)19(26)23-15-2-1-13-5-8-22-9-6-14(13)11-15/h1-4,11,22H,5-10,12H2,(H,23,26)(H,24,25)/t20-/m0/s1. The minimum Gasteiger partial charge on any atom is -0.378 e. The van der Waals surface area contributed by atoms with Gasteiger partial charge in [0.25, 0.3) is 11.8 Å². The third-order valence-corrected chi connectivity index (χ3v) is 6.83. The Bertz CT molecular complexity index is 893. The molecule has 2 aliphatic heterocycles. The summed E-state index contributed by atoms with van der Waals surface area (Å²) in [6.07, 6.45) is 2.39. The summed E-state index contributed by atoms with van der Waals surface area (Å²) >= 11 is 4.70. The van der Waals surface area contributed by atoms with Crippen molar-refractivity contribution in [3.8, 4) is 0 Å². The number of hydrogen-bond acceptors (Lipinski definition) is 5. The van der Waals surface area contributed by atoms with Gasteiger partial charge in [0, 0.05) is 18.7 Å². The number of carbonyl (C=O) groups is 2. The Morgan fingerprint density at radius 2 is 1.96 bits per heavy atom. The summed E-state index contributed by atoms with van der Waals surface area (Å²) in [7, 11) is 0. The molecule has 1 aromatic heterocycles. The van der Waals surface area contributed by atoms with Gasteiger partial charge in [-0.2, -0.15) is 0 Å². The molecule has 8 heteroatoms. The minimum atomic E-state index is -1.05. The molecule has 1 atom stereocenters. The maximum Gasteiger partial charge on any atom is 0.262 e. The number of carbonyl (C=O) groups excluding carboxylic acids is 2. The summed E-state index contributed by atoms with van der Waals surface area (Å²) in [5, 5.41) is 9.31. The predicted octanol–water partition coefficient (Wildman–Crippen LogP) is 2.73. The Hall–Kier alpha value is -1.74. The van der Waals surface area contributed by atoms with E-state index in [1.54, 1.807) is 6.07 Å². The Morgan fingerprint density at radius 3 is 2.68 bits per heavy atom. The molecule has 0 bridgehead atoms.